The lowest BCUT2D eigenvalue weighted by Crippen LogP contribution is -2.39. The number of halogens is 2. The van der Waals surface area contributed by atoms with Gasteiger partial charge in [0, 0.05) is 20.1 Å². The fourth-order valence-corrected chi connectivity index (χ4v) is 4.12. The highest BCUT2D eigenvalue weighted by Gasteiger charge is 2.25. The number of anilines is 1. The zero-order valence-corrected chi connectivity index (χ0v) is 17.5. The number of aryl methyl sites for hydroxylation is 2. The molecule has 2 heterocycles. The van der Waals surface area contributed by atoms with E-state index < -0.39 is 11.2 Å². The molecule has 0 bridgehead atoms. The first kappa shape index (κ1) is 20.0. The molecule has 1 saturated carbocycles. The van der Waals surface area contributed by atoms with Crippen LogP contribution in [0.15, 0.2) is 27.8 Å². The summed E-state index contributed by atoms with van der Waals surface area (Å²) in [4.78, 5) is 30.5. The monoisotopic (exact) mass is 437 g/mol. The van der Waals surface area contributed by atoms with Gasteiger partial charge in [0.15, 0.2) is 11.2 Å². The summed E-state index contributed by atoms with van der Waals surface area (Å²) in [5.41, 5.74) is 0.443. The largest absolute Gasteiger partial charge is 0.393 e. The van der Waals surface area contributed by atoms with Gasteiger partial charge in [-0.15, -0.1) is 0 Å². The van der Waals surface area contributed by atoms with E-state index in [0.29, 0.717) is 39.1 Å². The summed E-state index contributed by atoms with van der Waals surface area (Å²) in [5, 5.41) is 13.8. The normalized spacial score (nSPS) is 19.2. The summed E-state index contributed by atoms with van der Waals surface area (Å²) in [5.74, 6) is 0.499. The van der Waals surface area contributed by atoms with Crippen molar-refractivity contribution in [2.24, 2.45) is 14.1 Å². The number of benzene rings is 1. The standard InChI is InChI=1S/C19H21Cl2N5O3/c1-24-15-16(23-18(24)22-11-4-5-12(27)8-11)25(2)19(29)26(17(15)28)9-10-3-6-13(20)14(21)7-10/h3,6-7,11-12,27H,4-5,8-9H2,1-2H3,(H,22,23)/t11-,12+/m0/s1. The van der Waals surface area contributed by atoms with Gasteiger partial charge in [0.25, 0.3) is 5.56 Å². The number of aromatic nitrogens is 4. The molecule has 0 amide bonds. The molecule has 1 aliphatic carbocycles. The molecule has 10 heteroatoms. The van der Waals surface area contributed by atoms with Gasteiger partial charge in [-0.05, 0) is 37.0 Å². The van der Waals surface area contributed by atoms with E-state index >= 15 is 0 Å². The maximum absolute atomic E-state index is 13.1. The van der Waals surface area contributed by atoms with Crippen LogP contribution in [0.1, 0.15) is 24.8 Å². The maximum Gasteiger partial charge on any atom is 0.332 e. The maximum atomic E-state index is 13.1. The first-order valence-corrected chi connectivity index (χ1v) is 10.1. The number of aliphatic hydroxyl groups is 1. The van der Waals surface area contributed by atoms with E-state index in [1.807, 2.05) is 0 Å². The van der Waals surface area contributed by atoms with E-state index in [0.717, 1.165) is 17.4 Å². The smallest absolute Gasteiger partial charge is 0.332 e. The van der Waals surface area contributed by atoms with E-state index in [4.69, 9.17) is 23.2 Å². The molecular weight excluding hydrogens is 417 g/mol. The third kappa shape index (κ3) is 3.56. The number of fused-ring (bicyclic) bond motifs is 1. The fraction of sp³-hybridized carbons (Fsp3) is 0.421. The van der Waals surface area contributed by atoms with Crippen molar-refractivity contribution in [3.63, 3.8) is 0 Å². The van der Waals surface area contributed by atoms with Gasteiger partial charge in [-0.3, -0.25) is 13.9 Å². The Bertz CT molecular complexity index is 1210. The average Bonchev–Trinajstić information content (AvgIpc) is 3.23. The topological polar surface area (TPSA) is 94.1 Å². The van der Waals surface area contributed by atoms with Crippen LogP contribution in [-0.4, -0.2) is 35.9 Å². The minimum atomic E-state index is -0.463. The van der Waals surface area contributed by atoms with Crippen molar-refractivity contribution in [2.45, 2.75) is 38.0 Å². The quantitative estimate of drug-likeness (QED) is 0.651. The second-order valence-electron chi connectivity index (χ2n) is 7.46. The molecular formula is C19H21Cl2N5O3. The SMILES string of the molecule is Cn1c(N[C@H]2CC[C@@H](O)C2)nc2c1c(=O)n(Cc1ccc(Cl)c(Cl)c1)c(=O)n2C. The lowest BCUT2D eigenvalue weighted by atomic mass is 10.2. The molecule has 0 saturated heterocycles. The Labute approximate surface area is 176 Å². The van der Waals surface area contributed by atoms with Gasteiger partial charge in [-0.2, -0.15) is 4.98 Å². The highest BCUT2D eigenvalue weighted by Crippen LogP contribution is 2.24. The molecule has 2 atom stereocenters. The molecule has 29 heavy (non-hydrogen) atoms. The summed E-state index contributed by atoms with van der Waals surface area (Å²) >= 11 is 12.0. The van der Waals surface area contributed by atoms with Crippen molar-refractivity contribution < 1.29 is 5.11 Å². The number of rotatable bonds is 4. The summed E-state index contributed by atoms with van der Waals surface area (Å²) in [7, 11) is 3.32. The molecule has 2 N–H and O–H groups in total. The molecule has 3 aromatic rings. The van der Waals surface area contributed by atoms with Crippen molar-refractivity contribution >= 4 is 40.3 Å². The van der Waals surface area contributed by atoms with Crippen LogP contribution in [-0.2, 0) is 20.6 Å². The highest BCUT2D eigenvalue weighted by molar-refractivity contribution is 6.42. The Morgan fingerprint density at radius 2 is 1.93 bits per heavy atom. The van der Waals surface area contributed by atoms with Crippen molar-refractivity contribution in [2.75, 3.05) is 5.32 Å². The van der Waals surface area contributed by atoms with Crippen LogP contribution in [0.2, 0.25) is 10.0 Å². The lowest BCUT2D eigenvalue weighted by Gasteiger charge is -2.12. The van der Waals surface area contributed by atoms with E-state index in [1.165, 1.54) is 4.57 Å². The molecule has 4 rings (SSSR count). The number of nitrogens with zero attached hydrogens (tertiary/aromatic N) is 4. The van der Waals surface area contributed by atoms with Crippen molar-refractivity contribution in [1.82, 2.24) is 18.7 Å². The van der Waals surface area contributed by atoms with Gasteiger partial charge in [-0.1, -0.05) is 29.3 Å². The molecule has 1 aromatic carbocycles. The second kappa shape index (κ2) is 7.51. The average molecular weight is 438 g/mol. The number of hydrogen-bond donors (Lipinski definition) is 2. The summed E-state index contributed by atoms with van der Waals surface area (Å²) in [6.07, 6.45) is 1.86. The highest BCUT2D eigenvalue weighted by atomic mass is 35.5. The third-order valence-corrected chi connectivity index (χ3v) is 6.16. The summed E-state index contributed by atoms with van der Waals surface area (Å²) < 4.78 is 4.18. The van der Waals surface area contributed by atoms with Crippen LogP contribution in [0, 0.1) is 0 Å². The molecule has 8 nitrogen and oxygen atoms in total. The number of aliphatic hydroxyl groups excluding tert-OH is 1. The third-order valence-electron chi connectivity index (χ3n) is 5.42. The van der Waals surface area contributed by atoms with Gasteiger partial charge in [0.1, 0.15) is 0 Å². The molecule has 2 aromatic heterocycles. The van der Waals surface area contributed by atoms with E-state index in [-0.39, 0.29) is 18.7 Å². The zero-order valence-electron chi connectivity index (χ0n) is 16.0. The number of hydrogen-bond acceptors (Lipinski definition) is 5. The van der Waals surface area contributed by atoms with Gasteiger partial charge in [0.2, 0.25) is 5.95 Å². The van der Waals surface area contributed by atoms with Gasteiger partial charge < -0.3 is 15.0 Å². The van der Waals surface area contributed by atoms with Crippen LogP contribution in [0.5, 0.6) is 0 Å². The molecule has 154 valence electrons. The number of nitrogens with one attached hydrogen (secondary N) is 1. The minimum absolute atomic E-state index is 0.0705. The Balaban J connectivity index is 1.78. The van der Waals surface area contributed by atoms with E-state index in [9.17, 15) is 14.7 Å². The molecule has 0 spiro atoms. The first-order valence-electron chi connectivity index (χ1n) is 9.31. The molecule has 0 radical (unpaired) electrons. The van der Waals surface area contributed by atoms with Crippen LogP contribution < -0.4 is 16.6 Å². The Kier molecular flexibility index (Phi) is 5.18. The van der Waals surface area contributed by atoms with Gasteiger partial charge in [-0.25, -0.2) is 4.79 Å². The van der Waals surface area contributed by atoms with Crippen LogP contribution >= 0.6 is 23.2 Å². The lowest BCUT2D eigenvalue weighted by molar-refractivity contribution is 0.182. The Morgan fingerprint density at radius 3 is 2.59 bits per heavy atom. The second-order valence-corrected chi connectivity index (χ2v) is 8.27. The van der Waals surface area contributed by atoms with Crippen LogP contribution in [0.3, 0.4) is 0 Å². The minimum Gasteiger partial charge on any atom is -0.393 e. The van der Waals surface area contributed by atoms with Crippen LogP contribution in [0.25, 0.3) is 11.2 Å². The number of imidazole rings is 1. The van der Waals surface area contributed by atoms with Gasteiger partial charge >= 0.3 is 5.69 Å². The van der Waals surface area contributed by atoms with E-state index in [1.54, 1.807) is 36.9 Å². The Morgan fingerprint density at radius 1 is 1.17 bits per heavy atom. The van der Waals surface area contributed by atoms with Crippen molar-refractivity contribution in [1.29, 1.82) is 0 Å². The predicted molar refractivity (Wildman–Crippen MR) is 113 cm³/mol. The fourth-order valence-electron chi connectivity index (χ4n) is 3.80. The molecule has 1 fully saturated rings. The zero-order chi connectivity index (χ0) is 20.9. The first-order chi connectivity index (χ1) is 13.8. The predicted octanol–water partition coefficient (Wildman–Crippen LogP) is 2.11. The Hall–Kier alpha value is -2.29. The van der Waals surface area contributed by atoms with Crippen molar-refractivity contribution in [3.8, 4) is 0 Å². The molecule has 0 unspecified atom stereocenters. The van der Waals surface area contributed by atoms with E-state index in [2.05, 4.69) is 10.3 Å². The summed E-state index contributed by atoms with van der Waals surface area (Å²) in [6.45, 7) is 0.0705. The van der Waals surface area contributed by atoms with Crippen LogP contribution in [0.4, 0.5) is 5.95 Å². The van der Waals surface area contributed by atoms with Crippen molar-refractivity contribution in [3.05, 3.63) is 54.6 Å². The summed E-state index contributed by atoms with van der Waals surface area (Å²) in [6, 6.07) is 5.08. The van der Waals surface area contributed by atoms with Gasteiger partial charge in [0.05, 0.1) is 22.7 Å². The molecule has 0 aliphatic heterocycles. The molecule has 1 aliphatic rings.